The number of amides is 1. The van der Waals surface area contributed by atoms with Crippen LogP contribution < -0.4 is 0 Å². The molecule has 1 unspecified atom stereocenters. The van der Waals surface area contributed by atoms with Crippen LogP contribution in [-0.2, 0) is 15.3 Å². The minimum absolute atomic E-state index is 0.0434. The molecule has 0 aliphatic carbocycles. The first-order chi connectivity index (χ1) is 10.1. The summed E-state index contributed by atoms with van der Waals surface area (Å²) in [6.45, 7) is 9.95. The number of nitrogens with zero attached hydrogens (tertiary/aromatic N) is 2. The Bertz CT molecular complexity index is 670. The van der Waals surface area contributed by atoms with Crippen LogP contribution >= 0.6 is 0 Å². The highest BCUT2D eigenvalue weighted by molar-refractivity contribution is 7.91. The van der Waals surface area contributed by atoms with E-state index in [-0.39, 0.29) is 28.9 Å². The average Bonchev–Trinajstić information content (AvgIpc) is 2.92. The van der Waals surface area contributed by atoms with Crippen LogP contribution in [-0.4, -0.2) is 48.5 Å². The zero-order valence-electron chi connectivity index (χ0n) is 13.8. The summed E-state index contributed by atoms with van der Waals surface area (Å²) < 4.78 is 28.6. The number of carbonyl (C=O) groups is 1. The summed E-state index contributed by atoms with van der Waals surface area (Å²) in [7, 11) is -3.03. The molecule has 6 nitrogen and oxygen atoms in total. The van der Waals surface area contributed by atoms with Gasteiger partial charge >= 0.3 is 0 Å². The third kappa shape index (κ3) is 3.19. The van der Waals surface area contributed by atoms with Gasteiger partial charge in [0, 0.05) is 18.0 Å². The molecule has 0 saturated carbocycles. The van der Waals surface area contributed by atoms with E-state index >= 15 is 0 Å². The van der Waals surface area contributed by atoms with Gasteiger partial charge in [-0.1, -0.05) is 25.9 Å². The van der Waals surface area contributed by atoms with Crippen LogP contribution in [0.1, 0.15) is 55.9 Å². The van der Waals surface area contributed by atoms with Crippen molar-refractivity contribution in [1.82, 2.24) is 10.1 Å². The number of aryl methyl sites for hydroxylation is 1. The number of hydrogen-bond acceptors (Lipinski definition) is 5. The SMILES string of the molecule is CCN(C(=O)c1c(C(C)(C)C)noc1C)C1CCS(=O)(=O)C1. The molecule has 0 spiro atoms. The van der Waals surface area contributed by atoms with Crippen molar-refractivity contribution in [1.29, 1.82) is 0 Å². The van der Waals surface area contributed by atoms with Crippen LogP contribution in [0.2, 0.25) is 0 Å². The highest BCUT2D eigenvalue weighted by Gasteiger charge is 2.37. The van der Waals surface area contributed by atoms with E-state index in [0.717, 1.165) is 0 Å². The van der Waals surface area contributed by atoms with Crippen LogP contribution in [0.5, 0.6) is 0 Å². The van der Waals surface area contributed by atoms with E-state index in [0.29, 0.717) is 30.0 Å². The summed E-state index contributed by atoms with van der Waals surface area (Å²) in [6.07, 6.45) is 0.497. The summed E-state index contributed by atoms with van der Waals surface area (Å²) in [4.78, 5) is 14.6. The highest BCUT2D eigenvalue weighted by Crippen LogP contribution is 2.29. The van der Waals surface area contributed by atoms with Crippen molar-refractivity contribution in [2.45, 2.75) is 52.5 Å². The molecule has 22 heavy (non-hydrogen) atoms. The van der Waals surface area contributed by atoms with Crippen molar-refractivity contribution in [3.8, 4) is 0 Å². The van der Waals surface area contributed by atoms with Gasteiger partial charge in [0.15, 0.2) is 9.84 Å². The van der Waals surface area contributed by atoms with Crippen molar-refractivity contribution < 1.29 is 17.7 Å². The minimum atomic E-state index is -3.03. The molecule has 1 amide bonds. The Hall–Kier alpha value is -1.37. The predicted octanol–water partition coefficient (Wildman–Crippen LogP) is 1.93. The zero-order valence-corrected chi connectivity index (χ0v) is 14.7. The molecular weight excluding hydrogens is 304 g/mol. The zero-order chi connectivity index (χ0) is 16.7. The number of sulfone groups is 1. The van der Waals surface area contributed by atoms with Gasteiger partial charge in [-0.25, -0.2) is 8.42 Å². The van der Waals surface area contributed by atoms with Gasteiger partial charge in [0.25, 0.3) is 5.91 Å². The lowest BCUT2D eigenvalue weighted by Crippen LogP contribution is -2.41. The average molecular weight is 328 g/mol. The minimum Gasteiger partial charge on any atom is -0.361 e. The van der Waals surface area contributed by atoms with Crippen LogP contribution in [0.4, 0.5) is 0 Å². The second kappa shape index (κ2) is 5.68. The first-order valence-corrected chi connectivity index (χ1v) is 9.37. The van der Waals surface area contributed by atoms with Crippen molar-refractivity contribution in [2.24, 2.45) is 0 Å². The Kier molecular flexibility index (Phi) is 4.39. The van der Waals surface area contributed by atoms with E-state index in [9.17, 15) is 13.2 Å². The smallest absolute Gasteiger partial charge is 0.259 e. The number of aromatic nitrogens is 1. The molecule has 1 aromatic heterocycles. The van der Waals surface area contributed by atoms with Gasteiger partial charge in [0.1, 0.15) is 17.0 Å². The largest absolute Gasteiger partial charge is 0.361 e. The number of rotatable bonds is 3. The first kappa shape index (κ1) is 17.0. The Morgan fingerprint density at radius 3 is 2.50 bits per heavy atom. The molecule has 124 valence electrons. The maximum Gasteiger partial charge on any atom is 0.259 e. The van der Waals surface area contributed by atoms with Crippen molar-refractivity contribution in [3.05, 3.63) is 17.0 Å². The van der Waals surface area contributed by atoms with Gasteiger partial charge in [-0.3, -0.25) is 4.79 Å². The molecule has 0 radical (unpaired) electrons. The second-order valence-electron chi connectivity index (χ2n) is 6.86. The third-order valence-electron chi connectivity index (χ3n) is 4.04. The van der Waals surface area contributed by atoms with Crippen molar-refractivity contribution >= 4 is 15.7 Å². The molecule has 1 aromatic rings. The van der Waals surface area contributed by atoms with Crippen LogP contribution in [0, 0.1) is 6.92 Å². The first-order valence-electron chi connectivity index (χ1n) is 7.55. The van der Waals surface area contributed by atoms with Crippen molar-refractivity contribution in [2.75, 3.05) is 18.1 Å². The molecule has 2 rings (SSSR count). The van der Waals surface area contributed by atoms with E-state index in [1.807, 2.05) is 27.7 Å². The van der Waals surface area contributed by atoms with Crippen LogP contribution in [0.25, 0.3) is 0 Å². The summed E-state index contributed by atoms with van der Waals surface area (Å²) in [5, 5.41) is 4.04. The molecule has 1 aliphatic rings. The summed E-state index contributed by atoms with van der Waals surface area (Å²) in [5.74, 6) is 0.486. The van der Waals surface area contributed by atoms with E-state index in [4.69, 9.17) is 4.52 Å². The fourth-order valence-corrected chi connectivity index (χ4v) is 4.60. The van der Waals surface area contributed by atoms with Gasteiger partial charge in [-0.2, -0.15) is 0 Å². The molecule has 1 aliphatic heterocycles. The second-order valence-corrected chi connectivity index (χ2v) is 9.09. The van der Waals surface area contributed by atoms with E-state index in [1.165, 1.54) is 0 Å². The molecule has 7 heteroatoms. The molecule has 0 N–H and O–H groups in total. The van der Waals surface area contributed by atoms with E-state index in [1.54, 1.807) is 11.8 Å². The van der Waals surface area contributed by atoms with Crippen LogP contribution in [0.3, 0.4) is 0 Å². The van der Waals surface area contributed by atoms with Gasteiger partial charge in [-0.15, -0.1) is 0 Å². The predicted molar refractivity (Wildman–Crippen MR) is 83.7 cm³/mol. The van der Waals surface area contributed by atoms with Gasteiger partial charge < -0.3 is 9.42 Å². The Balaban J connectivity index is 2.36. The summed E-state index contributed by atoms with van der Waals surface area (Å²) in [6, 6.07) is -0.260. The van der Waals surface area contributed by atoms with Crippen LogP contribution in [0.15, 0.2) is 4.52 Å². The maximum absolute atomic E-state index is 13.0. The topological polar surface area (TPSA) is 80.5 Å². The third-order valence-corrected chi connectivity index (χ3v) is 5.79. The highest BCUT2D eigenvalue weighted by atomic mass is 32.2. The molecule has 2 heterocycles. The quantitative estimate of drug-likeness (QED) is 0.847. The standard InChI is InChI=1S/C15H24N2O4S/c1-6-17(11-7-8-22(19,20)9-11)14(18)12-10(2)21-16-13(12)15(3,4)5/h11H,6-9H2,1-5H3. The lowest BCUT2D eigenvalue weighted by Gasteiger charge is -2.28. The Labute approximate surface area is 131 Å². The van der Waals surface area contributed by atoms with Gasteiger partial charge in [-0.05, 0) is 20.3 Å². The fraction of sp³-hybridized carbons (Fsp3) is 0.733. The molecule has 0 bridgehead atoms. The lowest BCUT2D eigenvalue weighted by molar-refractivity contribution is 0.0704. The van der Waals surface area contributed by atoms with Gasteiger partial charge in [0.2, 0.25) is 0 Å². The fourth-order valence-electron chi connectivity index (χ4n) is 2.87. The molecule has 1 fully saturated rings. The molecular formula is C15H24N2O4S. The Morgan fingerprint density at radius 2 is 2.05 bits per heavy atom. The maximum atomic E-state index is 13.0. The normalized spacial score (nSPS) is 21.0. The lowest BCUT2D eigenvalue weighted by atomic mass is 9.88. The molecule has 1 atom stereocenters. The summed E-state index contributed by atoms with van der Waals surface area (Å²) >= 11 is 0. The van der Waals surface area contributed by atoms with E-state index < -0.39 is 9.84 Å². The van der Waals surface area contributed by atoms with Crippen molar-refractivity contribution in [3.63, 3.8) is 0 Å². The van der Waals surface area contributed by atoms with E-state index in [2.05, 4.69) is 5.16 Å². The summed E-state index contributed by atoms with van der Waals surface area (Å²) in [5.41, 5.74) is 0.775. The Morgan fingerprint density at radius 1 is 1.41 bits per heavy atom. The van der Waals surface area contributed by atoms with Gasteiger partial charge in [0.05, 0.1) is 11.5 Å². The number of hydrogen-bond donors (Lipinski definition) is 0. The molecule has 0 aromatic carbocycles. The monoisotopic (exact) mass is 328 g/mol. The molecule has 1 saturated heterocycles. The number of carbonyl (C=O) groups excluding carboxylic acids is 1.